The van der Waals surface area contributed by atoms with Crippen molar-refractivity contribution >= 4 is 0 Å². The lowest BCUT2D eigenvalue weighted by molar-refractivity contribution is 0.0237. The van der Waals surface area contributed by atoms with Crippen LogP contribution in [0.5, 0.6) is 0 Å². The molecule has 0 amide bonds. The number of alkyl halides is 1. The van der Waals surface area contributed by atoms with Crippen molar-refractivity contribution in [2.24, 2.45) is 5.73 Å². The standard InChI is InChI=1S/C8H16FNO/c1-2-11-6-8(9)4-3-7(10)5-8/h7H,2-6,10H2,1H3. The van der Waals surface area contributed by atoms with Gasteiger partial charge in [-0.3, -0.25) is 0 Å². The summed E-state index contributed by atoms with van der Waals surface area (Å²) in [6.07, 6.45) is 1.82. The zero-order valence-electron chi connectivity index (χ0n) is 6.98. The summed E-state index contributed by atoms with van der Waals surface area (Å²) < 4.78 is 18.6. The molecule has 0 radical (unpaired) electrons. The van der Waals surface area contributed by atoms with Gasteiger partial charge in [-0.15, -0.1) is 0 Å². The average Bonchev–Trinajstić information content (AvgIpc) is 2.28. The normalized spacial score (nSPS) is 37.9. The van der Waals surface area contributed by atoms with Crippen LogP contribution in [-0.2, 0) is 4.74 Å². The van der Waals surface area contributed by atoms with Crippen molar-refractivity contribution < 1.29 is 9.13 Å². The number of ether oxygens (including phenoxy) is 1. The third kappa shape index (κ3) is 2.42. The van der Waals surface area contributed by atoms with E-state index >= 15 is 0 Å². The summed E-state index contributed by atoms with van der Waals surface area (Å²) >= 11 is 0. The highest BCUT2D eigenvalue weighted by molar-refractivity contribution is 4.91. The lowest BCUT2D eigenvalue weighted by Gasteiger charge is -2.18. The van der Waals surface area contributed by atoms with Crippen LogP contribution in [0.2, 0.25) is 0 Å². The van der Waals surface area contributed by atoms with Gasteiger partial charge >= 0.3 is 0 Å². The molecule has 1 fully saturated rings. The molecular weight excluding hydrogens is 145 g/mol. The third-order valence-electron chi connectivity index (χ3n) is 2.16. The van der Waals surface area contributed by atoms with E-state index in [0.717, 1.165) is 6.42 Å². The van der Waals surface area contributed by atoms with E-state index in [1.165, 1.54) is 0 Å². The maximum atomic E-state index is 13.5. The fourth-order valence-corrected chi connectivity index (χ4v) is 1.53. The van der Waals surface area contributed by atoms with Crippen LogP contribution in [0.25, 0.3) is 0 Å². The minimum atomic E-state index is -1.13. The van der Waals surface area contributed by atoms with E-state index in [1.54, 1.807) is 0 Å². The Morgan fingerprint density at radius 2 is 2.45 bits per heavy atom. The van der Waals surface area contributed by atoms with Crippen LogP contribution in [0.15, 0.2) is 0 Å². The van der Waals surface area contributed by atoms with Gasteiger partial charge in [0, 0.05) is 12.6 Å². The predicted octanol–water partition coefficient (Wildman–Crippen LogP) is 1.24. The van der Waals surface area contributed by atoms with E-state index in [4.69, 9.17) is 10.5 Å². The number of rotatable bonds is 3. The molecule has 1 aliphatic rings. The molecule has 0 bridgehead atoms. The first-order chi connectivity index (χ1) is 5.16. The van der Waals surface area contributed by atoms with Crippen molar-refractivity contribution in [3.63, 3.8) is 0 Å². The van der Waals surface area contributed by atoms with Gasteiger partial charge in [-0.05, 0) is 26.2 Å². The summed E-state index contributed by atoms with van der Waals surface area (Å²) in [6.45, 7) is 2.68. The Morgan fingerprint density at radius 1 is 1.73 bits per heavy atom. The molecule has 2 unspecified atom stereocenters. The van der Waals surface area contributed by atoms with E-state index in [1.807, 2.05) is 6.92 Å². The summed E-state index contributed by atoms with van der Waals surface area (Å²) in [5.74, 6) is 0. The van der Waals surface area contributed by atoms with Crippen molar-refractivity contribution in [1.29, 1.82) is 0 Å². The van der Waals surface area contributed by atoms with Gasteiger partial charge < -0.3 is 10.5 Å². The molecule has 2 nitrogen and oxygen atoms in total. The van der Waals surface area contributed by atoms with Gasteiger partial charge in [0.1, 0.15) is 5.67 Å². The fraction of sp³-hybridized carbons (Fsp3) is 1.00. The second-order valence-electron chi connectivity index (χ2n) is 3.29. The molecule has 2 atom stereocenters. The molecule has 66 valence electrons. The van der Waals surface area contributed by atoms with Crippen LogP contribution in [-0.4, -0.2) is 24.9 Å². The number of hydrogen-bond acceptors (Lipinski definition) is 2. The highest BCUT2D eigenvalue weighted by Crippen LogP contribution is 2.32. The van der Waals surface area contributed by atoms with Crippen LogP contribution in [0.1, 0.15) is 26.2 Å². The Bertz CT molecular complexity index is 131. The molecule has 0 saturated heterocycles. The summed E-state index contributed by atoms with van der Waals surface area (Å²) in [5.41, 5.74) is 4.46. The first kappa shape index (κ1) is 8.94. The van der Waals surface area contributed by atoms with Crippen LogP contribution in [0.3, 0.4) is 0 Å². The zero-order chi connectivity index (χ0) is 8.32. The molecule has 0 heterocycles. The Morgan fingerprint density at radius 3 is 2.91 bits per heavy atom. The summed E-state index contributed by atoms with van der Waals surface area (Å²) in [5, 5.41) is 0. The first-order valence-electron chi connectivity index (χ1n) is 4.18. The molecule has 0 spiro atoms. The smallest absolute Gasteiger partial charge is 0.135 e. The average molecular weight is 161 g/mol. The lowest BCUT2D eigenvalue weighted by atomic mass is 10.1. The lowest BCUT2D eigenvalue weighted by Crippen LogP contribution is -2.28. The van der Waals surface area contributed by atoms with Gasteiger partial charge in [-0.1, -0.05) is 0 Å². The van der Waals surface area contributed by atoms with Gasteiger partial charge in [0.05, 0.1) is 6.61 Å². The van der Waals surface area contributed by atoms with E-state index in [9.17, 15) is 4.39 Å². The zero-order valence-corrected chi connectivity index (χ0v) is 6.98. The van der Waals surface area contributed by atoms with Crippen LogP contribution < -0.4 is 5.73 Å². The van der Waals surface area contributed by atoms with Crippen molar-refractivity contribution in [2.45, 2.75) is 37.9 Å². The van der Waals surface area contributed by atoms with Crippen LogP contribution in [0.4, 0.5) is 4.39 Å². The molecule has 0 aromatic rings. The molecular formula is C8H16FNO. The summed E-state index contributed by atoms with van der Waals surface area (Å²) in [7, 11) is 0. The van der Waals surface area contributed by atoms with E-state index in [2.05, 4.69) is 0 Å². The number of hydrogen-bond donors (Lipinski definition) is 1. The Hall–Kier alpha value is -0.150. The van der Waals surface area contributed by atoms with E-state index in [-0.39, 0.29) is 12.6 Å². The van der Waals surface area contributed by atoms with E-state index in [0.29, 0.717) is 19.4 Å². The van der Waals surface area contributed by atoms with Gasteiger partial charge in [-0.2, -0.15) is 0 Å². The largest absolute Gasteiger partial charge is 0.378 e. The minimum absolute atomic E-state index is 0.0421. The van der Waals surface area contributed by atoms with Crippen LogP contribution >= 0.6 is 0 Å². The third-order valence-corrected chi connectivity index (χ3v) is 2.16. The fourth-order valence-electron chi connectivity index (χ4n) is 1.53. The molecule has 2 N–H and O–H groups in total. The van der Waals surface area contributed by atoms with Gasteiger partial charge in [0.25, 0.3) is 0 Å². The topological polar surface area (TPSA) is 35.2 Å². The number of nitrogens with two attached hydrogens (primary N) is 1. The molecule has 1 aliphatic carbocycles. The SMILES string of the molecule is CCOCC1(F)CCC(N)C1. The minimum Gasteiger partial charge on any atom is -0.378 e. The van der Waals surface area contributed by atoms with E-state index < -0.39 is 5.67 Å². The van der Waals surface area contributed by atoms with Gasteiger partial charge in [0.15, 0.2) is 0 Å². The second kappa shape index (κ2) is 3.50. The molecule has 11 heavy (non-hydrogen) atoms. The Labute approximate surface area is 66.9 Å². The molecule has 0 aromatic carbocycles. The molecule has 0 aliphatic heterocycles. The Balaban J connectivity index is 2.29. The molecule has 3 heteroatoms. The van der Waals surface area contributed by atoms with Gasteiger partial charge in [-0.25, -0.2) is 4.39 Å². The predicted molar refractivity (Wildman–Crippen MR) is 42.2 cm³/mol. The van der Waals surface area contributed by atoms with Crippen molar-refractivity contribution in [1.82, 2.24) is 0 Å². The van der Waals surface area contributed by atoms with Crippen molar-refractivity contribution in [3.05, 3.63) is 0 Å². The maximum absolute atomic E-state index is 13.5. The van der Waals surface area contributed by atoms with Crippen molar-refractivity contribution in [2.75, 3.05) is 13.2 Å². The highest BCUT2D eigenvalue weighted by atomic mass is 19.1. The molecule has 0 aromatic heterocycles. The number of halogens is 1. The monoisotopic (exact) mass is 161 g/mol. The summed E-state index contributed by atoms with van der Waals surface area (Å²) in [4.78, 5) is 0. The summed E-state index contributed by atoms with van der Waals surface area (Å²) in [6, 6.07) is 0.0421. The maximum Gasteiger partial charge on any atom is 0.135 e. The highest BCUT2D eigenvalue weighted by Gasteiger charge is 2.37. The first-order valence-corrected chi connectivity index (χ1v) is 4.18. The quantitative estimate of drug-likeness (QED) is 0.676. The molecule has 1 rings (SSSR count). The molecule has 1 saturated carbocycles. The van der Waals surface area contributed by atoms with Crippen molar-refractivity contribution in [3.8, 4) is 0 Å². The Kier molecular flexibility index (Phi) is 2.84. The second-order valence-corrected chi connectivity index (χ2v) is 3.29. The van der Waals surface area contributed by atoms with Gasteiger partial charge in [0.2, 0.25) is 0 Å². The van der Waals surface area contributed by atoms with Crippen LogP contribution in [0, 0.1) is 0 Å².